The first kappa shape index (κ1) is 12.9. The van der Waals surface area contributed by atoms with Gasteiger partial charge in [0.15, 0.2) is 6.61 Å². The van der Waals surface area contributed by atoms with Crippen LogP contribution in [-0.2, 0) is 0 Å². The maximum atomic E-state index is 12.3. The zero-order chi connectivity index (χ0) is 14.8. The molecule has 0 unspecified atom stereocenters. The first-order valence-corrected chi connectivity index (χ1v) is 6.30. The van der Waals surface area contributed by atoms with Crippen molar-refractivity contribution in [2.75, 3.05) is 11.5 Å². The number of carbonyl (C=O) groups is 2. The van der Waals surface area contributed by atoms with Crippen LogP contribution in [0.15, 0.2) is 48.5 Å². The SMILES string of the molecule is N#CCOc1cccc(N2C(=O)c3ccccc3C2=O)c1. The summed E-state index contributed by atoms with van der Waals surface area (Å²) in [6, 6.07) is 15.1. The lowest BCUT2D eigenvalue weighted by atomic mass is 10.1. The quantitative estimate of drug-likeness (QED) is 0.808. The van der Waals surface area contributed by atoms with Gasteiger partial charge in [-0.1, -0.05) is 18.2 Å². The lowest BCUT2D eigenvalue weighted by molar-refractivity contribution is 0.0926. The second-order valence-electron chi connectivity index (χ2n) is 4.44. The van der Waals surface area contributed by atoms with Crippen LogP contribution in [0.3, 0.4) is 0 Å². The van der Waals surface area contributed by atoms with Gasteiger partial charge in [-0.05, 0) is 24.3 Å². The Balaban J connectivity index is 1.98. The van der Waals surface area contributed by atoms with Crippen molar-refractivity contribution in [2.24, 2.45) is 0 Å². The molecule has 2 aromatic carbocycles. The summed E-state index contributed by atoms with van der Waals surface area (Å²) in [7, 11) is 0. The summed E-state index contributed by atoms with van der Waals surface area (Å²) < 4.78 is 5.19. The predicted molar refractivity (Wildman–Crippen MR) is 75.1 cm³/mol. The lowest BCUT2D eigenvalue weighted by Gasteiger charge is -2.14. The van der Waals surface area contributed by atoms with Crippen LogP contribution in [0.5, 0.6) is 5.75 Å². The van der Waals surface area contributed by atoms with E-state index >= 15 is 0 Å². The Morgan fingerprint density at radius 3 is 2.29 bits per heavy atom. The summed E-state index contributed by atoms with van der Waals surface area (Å²) in [6.07, 6.45) is 0. The molecular weight excluding hydrogens is 268 g/mol. The standard InChI is InChI=1S/C16H10N2O3/c17-8-9-21-12-5-3-4-11(10-12)18-15(19)13-6-1-2-7-14(13)16(18)20/h1-7,10H,9H2. The van der Waals surface area contributed by atoms with E-state index in [4.69, 9.17) is 10.00 Å². The van der Waals surface area contributed by atoms with E-state index in [2.05, 4.69) is 0 Å². The van der Waals surface area contributed by atoms with Crippen LogP contribution >= 0.6 is 0 Å². The number of nitriles is 1. The highest BCUT2D eigenvalue weighted by atomic mass is 16.5. The number of benzene rings is 2. The molecule has 1 aliphatic rings. The van der Waals surface area contributed by atoms with Gasteiger partial charge in [0.1, 0.15) is 11.8 Å². The highest BCUT2D eigenvalue weighted by Gasteiger charge is 2.36. The van der Waals surface area contributed by atoms with Crippen LogP contribution in [0.1, 0.15) is 20.7 Å². The van der Waals surface area contributed by atoms with Gasteiger partial charge in [0, 0.05) is 6.07 Å². The number of fused-ring (bicyclic) bond motifs is 1. The number of amides is 2. The third-order valence-corrected chi connectivity index (χ3v) is 3.17. The molecule has 0 atom stereocenters. The van der Waals surface area contributed by atoms with Crippen molar-refractivity contribution in [3.05, 3.63) is 59.7 Å². The molecule has 2 aromatic rings. The molecule has 0 N–H and O–H groups in total. The highest BCUT2D eigenvalue weighted by Crippen LogP contribution is 2.30. The number of rotatable bonds is 3. The molecule has 1 heterocycles. The summed E-state index contributed by atoms with van der Waals surface area (Å²) in [4.78, 5) is 25.8. The van der Waals surface area contributed by atoms with E-state index in [0.29, 0.717) is 22.6 Å². The molecule has 5 heteroatoms. The first-order chi connectivity index (χ1) is 10.2. The van der Waals surface area contributed by atoms with Gasteiger partial charge in [-0.15, -0.1) is 0 Å². The van der Waals surface area contributed by atoms with Gasteiger partial charge in [-0.3, -0.25) is 9.59 Å². The monoisotopic (exact) mass is 278 g/mol. The number of imide groups is 1. The minimum atomic E-state index is -0.354. The predicted octanol–water partition coefficient (Wildman–Crippen LogP) is 2.39. The van der Waals surface area contributed by atoms with Crippen molar-refractivity contribution in [1.29, 1.82) is 5.26 Å². The maximum absolute atomic E-state index is 12.3. The van der Waals surface area contributed by atoms with Gasteiger partial charge >= 0.3 is 0 Å². The largest absolute Gasteiger partial charge is 0.479 e. The fourth-order valence-corrected chi connectivity index (χ4v) is 2.25. The van der Waals surface area contributed by atoms with Crippen LogP contribution in [0.4, 0.5) is 5.69 Å². The van der Waals surface area contributed by atoms with Crippen molar-refractivity contribution in [2.45, 2.75) is 0 Å². The van der Waals surface area contributed by atoms with Crippen LogP contribution < -0.4 is 9.64 Å². The van der Waals surface area contributed by atoms with Crippen molar-refractivity contribution in [1.82, 2.24) is 0 Å². The molecule has 5 nitrogen and oxygen atoms in total. The van der Waals surface area contributed by atoms with E-state index in [-0.39, 0.29) is 18.4 Å². The zero-order valence-corrected chi connectivity index (χ0v) is 10.9. The number of ether oxygens (including phenoxy) is 1. The summed E-state index contributed by atoms with van der Waals surface area (Å²) >= 11 is 0. The number of hydrogen-bond acceptors (Lipinski definition) is 4. The van der Waals surface area contributed by atoms with Crippen LogP contribution in [0.25, 0.3) is 0 Å². The first-order valence-electron chi connectivity index (χ1n) is 6.30. The molecule has 0 aliphatic carbocycles. The molecule has 0 fully saturated rings. The van der Waals surface area contributed by atoms with Gasteiger partial charge in [0.05, 0.1) is 16.8 Å². The van der Waals surface area contributed by atoms with Gasteiger partial charge in [0.25, 0.3) is 11.8 Å². The summed E-state index contributed by atoms with van der Waals surface area (Å²) in [6.45, 7) is -0.0917. The molecule has 102 valence electrons. The summed E-state index contributed by atoms with van der Waals surface area (Å²) in [5, 5.41) is 8.52. The van der Waals surface area contributed by atoms with E-state index < -0.39 is 0 Å². The normalized spacial score (nSPS) is 13.0. The molecule has 3 rings (SSSR count). The smallest absolute Gasteiger partial charge is 0.266 e. The zero-order valence-electron chi connectivity index (χ0n) is 10.9. The average molecular weight is 278 g/mol. The van der Waals surface area contributed by atoms with Gasteiger partial charge in [0.2, 0.25) is 0 Å². The second-order valence-corrected chi connectivity index (χ2v) is 4.44. The Kier molecular flexibility index (Phi) is 3.13. The number of hydrogen-bond donors (Lipinski definition) is 0. The molecule has 1 aliphatic heterocycles. The number of nitrogens with zero attached hydrogens (tertiary/aromatic N) is 2. The van der Waals surface area contributed by atoms with E-state index in [1.165, 1.54) is 0 Å². The van der Waals surface area contributed by atoms with Crippen molar-refractivity contribution in [3.8, 4) is 11.8 Å². The van der Waals surface area contributed by atoms with Crippen molar-refractivity contribution < 1.29 is 14.3 Å². The highest BCUT2D eigenvalue weighted by molar-refractivity contribution is 6.34. The molecule has 2 amide bonds. The van der Waals surface area contributed by atoms with Gasteiger partial charge < -0.3 is 4.74 Å². The topological polar surface area (TPSA) is 70.4 Å². The summed E-state index contributed by atoms with van der Waals surface area (Å²) in [5.74, 6) is -0.272. The fourth-order valence-electron chi connectivity index (χ4n) is 2.25. The molecule has 0 saturated carbocycles. The van der Waals surface area contributed by atoms with E-state index in [9.17, 15) is 9.59 Å². The molecule has 0 bridgehead atoms. The lowest BCUT2D eigenvalue weighted by Crippen LogP contribution is -2.29. The molecular formula is C16H10N2O3. The Labute approximate surface area is 121 Å². The number of carbonyl (C=O) groups excluding carboxylic acids is 2. The van der Waals surface area contributed by atoms with Crippen LogP contribution in [-0.4, -0.2) is 18.4 Å². The Morgan fingerprint density at radius 2 is 1.67 bits per heavy atom. The molecule has 0 radical (unpaired) electrons. The maximum Gasteiger partial charge on any atom is 0.266 e. The second kappa shape index (κ2) is 5.10. The van der Waals surface area contributed by atoms with E-state index in [0.717, 1.165) is 4.90 Å². The Hall–Kier alpha value is -3.13. The van der Waals surface area contributed by atoms with Crippen molar-refractivity contribution >= 4 is 17.5 Å². The molecule has 0 aromatic heterocycles. The van der Waals surface area contributed by atoms with Crippen LogP contribution in [0, 0.1) is 11.3 Å². The fraction of sp³-hybridized carbons (Fsp3) is 0.0625. The molecule has 21 heavy (non-hydrogen) atoms. The van der Waals surface area contributed by atoms with Gasteiger partial charge in [-0.2, -0.15) is 5.26 Å². The van der Waals surface area contributed by atoms with Crippen LogP contribution in [0.2, 0.25) is 0 Å². The number of anilines is 1. The van der Waals surface area contributed by atoms with E-state index in [1.807, 2.05) is 6.07 Å². The minimum absolute atomic E-state index is 0.0917. The van der Waals surface area contributed by atoms with E-state index in [1.54, 1.807) is 48.5 Å². The van der Waals surface area contributed by atoms with Gasteiger partial charge in [-0.25, -0.2) is 4.90 Å². The van der Waals surface area contributed by atoms with Crippen molar-refractivity contribution in [3.63, 3.8) is 0 Å². The minimum Gasteiger partial charge on any atom is -0.479 e. The summed E-state index contributed by atoms with van der Waals surface area (Å²) in [5.41, 5.74) is 1.22. The average Bonchev–Trinajstić information content (AvgIpc) is 2.78. The Morgan fingerprint density at radius 1 is 1.00 bits per heavy atom. The third-order valence-electron chi connectivity index (χ3n) is 3.17. The third kappa shape index (κ3) is 2.13. The molecule has 0 spiro atoms. The molecule has 0 saturated heterocycles. The Bertz CT molecular complexity index is 742.